The summed E-state index contributed by atoms with van der Waals surface area (Å²) in [6, 6.07) is 12.1. The number of hydrogen-bond acceptors (Lipinski definition) is 4. The van der Waals surface area contributed by atoms with E-state index in [1.54, 1.807) is 18.2 Å². The molecule has 0 spiro atoms. The van der Waals surface area contributed by atoms with E-state index in [1.807, 2.05) is 0 Å². The highest BCUT2D eigenvalue weighted by molar-refractivity contribution is 6.36. The second-order valence-corrected chi connectivity index (χ2v) is 9.27. The maximum absolute atomic E-state index is 14.5. The molecule has 40 heavy (non-hydrogen) atoms. The van der Waals surface area contributed by atoms with Crippen molar-refractivity contribution in [1.82, 2.24) is 24.4 Å². The first-order valence-electron chi connectivity index (χ1n) is 11.2. The molecule has 5 rings (SSSR count). The Bertz CT molecular complexity index is 1710. The SMILES string of the molecule is O=C(Nc1ccn(Cc2c(Cl)cccc2Cl)n1)c1cc2nc(-c3ccc(F)cc3)cc(C(F)(F)C(F)(F)F)n2n1. The highest BCUT2D eigenvalue weighted by atomic mass is 35.5. The molecule has 0 aliphatic heterocycles. The van der Waals surface area contributed by atoms with Gasteiger partial charge in [0.2, 0.25) is 0 Å². The summed E-state index contributed by atoms with van der Waals surface area (Å²) in [6.07, 6.45) is -4.47. The van der Waals surface area contributed by atoms with Gasteiger partial charge in [-0.2, -0.15) is 32.1 Å². The Morgan fingerprint density at radius 2 is 1.60 bits per heavy atom. The number of hydrogen-bond donors (Lipinski definition) is 1. The predicted octanol–water partition coefficient (Wildman–Crippen LogP) is 6.99. The van der Waals surface area contributed by atoms with Crippen molar-refractivity contribution in [3.05, 3.63) is 99.7 Å². The van der Waals surface area contributed by atoms with Gasteiger partial charge in [0.1, 0.15) is 11.5 Å². The summed E-state index contributed by atoms with van der Waals surface area (Å²) in [5.41, 5.74) is -2.22. The van der Waals surface area contributed by atoms with E-state index in [1.165, 1.54) is 29.1 Å². The van der Waals surface area contributed by atoms with Gasteiger partial charge in [-0.25, -0.2) is 13.9 Å². The van der Waals surface area contributed by atoms with E-state index in [-0.39, 0.29) is 28.1 Å². The summed E-state index contributed by atoms with van der Waals surface area (Å²) in [4.78, 5) is 16.9. The Hall–Kier alpha value is -4.10. The average molecular weight is 599 g/mol. The molecule has 0 radical (unpaired) electrons. The molecule has 0 bridgehead atoms. The Morgan fingerprint density at radius 1 is 0.925 bits per heavy atom. The van der Waals surface area contributed by atoms with Crippen molar-refractivity contribution >= 4 is 40.6 Å². The largest absolute Gasteiger partial charge is 0.459 e. The monoisotopic (exact) mass is 598 g/mol. The van der Waals surface area contributed by atoms with Crippen LogP contribution in [0.5, 0.6) is 0 Å². The minimum atomic E-state index is -5.98. The Kier molecular flexibility index (Phi) is 6.96. The van der Waals surface area contributed by atoms with Crippen molar-refractivity contribution in [3.63, 3.8) is 0 Å². The first-order chi connectivity index (χ1) is 18.8. The fourth-order valence-electron chi connectivity index (χ4n) is 3.77. The van der Waals surface area contributed by atoms with Crippen LogP contribution in [0.15, 0.2) is 66.9 Å². The summed E-state index contributed by atoms with van der Waals surface area (Å²) in [5.74, 6) is -6.92. The molecule has 0 fully saturated rings. The summed E-state index contributed by atoms with van der Waals surface area (Å²) < 4.78 is 84.1. The lowest BCUT2D eigenvalue weighted by Gasteiger charge is -2.21. The van der Waals surface area contributed by atoms with Crippen LogP contribution in [0.4, 0.5) is 32.2 Å². The maximum Gasteiger partial charge on any atom is 0.459 e. The van der Waals surface area contributed by atoms with Crippen LogP contribution < -0.4 is 5.32 Å². The number of alkyl halides is 5. The molecular formula is C25H14Cl2F6N6O. The number of anilines is 1. The zero-order valence-corrected chi connectivity index (χ0v) is 21.2. The molecule has 7 nitrogen and oxygen atoms in total. The highest BCUT2D eigenvalue weighted by Gasteiger charge is 2.60. The number of nitrogens with one attached hydrogen (secondary N) is 1. The summed E-state index contributed by atoms with van der Waals surface area (Å²) in [5, 5.41) is 11.0. The zero-order chi connectivity index (χ0) is 28.8. The van der Waals surface area contributed by atoms with Gasteiger partial charge < -0.3 is 5.32 Å². The second-order valence-electron chi connectivity index (χ2n) is 8.46. The van der Waals surface area contributed by atoms with Crippen LogP contribution in [-0.4, -0.2) is 36.5 Å². The quantitative estimate of drug-likeness (QED) is 0.214. The molecule has 1 amide bonds. The van der Waals surface area contributed by atoms with Gasteiger partial charge in [0, 0.05) is 39.5 Å². The average Bonchev–Trinajstić information content (AvgIpc) is 3.52. The van der Waals surface area contributed by atoms with Crippen LogP contribution in [0.3, 0.4) is 0 Å². The molecule has 2 aromatic carbocycles. The predicted molar refractivity (Wildman–Crippen MR) is 134 cm³/mol. The van der Waals surface area contributed by atoms with E-state index >= 15 is 0 Å². The minimum Gasteiger partial charge on any atom is -0.304 e. The lowest BCUT2D eigenvalue weighted by atomic mass is 10.1. The van der Waals surface area contributed by atoms with Gasteiger partial charge >= 0.3 is 12.1 Å². The fourth-order valence-corrected chi connectivity index (χ4v) is 4.28. The minimum absolute atomic E-state index is 0.0334. The van der Waals surface area contributed by atoms with Gasteiger partial charge in [0.05, 0.1) is 12.2 Å². The van der Waals surface area contributed by atoms with Crippen molar-refractivity contribution in [1.29, 1.82) is 0 Å². The number of rotatable bonds is 6. The first kappa shape index (κ1) is 27.5. The van der Waals surface area contributed by atoms with Crippen molar-refractivity contribution in [2.24, 2.45) is 0 Å². The van der Waals surface area contributed by atoms with Gasteiger partial charge in [-0.1, -0.05) is 29.3 Å². The van der Waals surface area contributed by atoms with Gasteiger partial charge in [0.25, 0.3) is 5.91 Å². The second kappa shape index (κ2) is 10.1. The van der Waals surface area contributed by atoms with E-state index in [2.05, 4.69) is 20.5 Å². The van der Waals surface area contributed by atoms with Crippen molar-refractivity contribution in [2.45, 2.75) is 18.6 Å². The van der Waals surface area contributed by atoms with Gasteiger partial charge in [-0.3, -0.25) is 9.48 Å². The van der Waals surface area contributed by atoms with Crippen LogP contribution in [-0.2, 0) is 12.5 Å². The third-order valence-electron chi connectivity index (χ3n) is 5.74. The lowest BCUT2D eigenvalue weighted by molar-refractivity contribution is -0.291. The molecule has 0 saturated heterocycles. The van der Waals surface area contributed by atoms with Gasteiger partial charge in [0.15, 0.2) is 17.2 Å². The molecule has 3 aromatic heterocycles. The van der Waals surface area contributed by atoms with E-state index < -0.39 is 40.9 Å². The number of benzene rings is 2. The molecule has 5 aromatic rings. The first-order valence-corrected chi connectivity index (χ1v) is 12.0. The summed E-state index contributed by atoms with van der Waals surface area (Å²) in [7, 11) is 0. The molecule has 0 saturated carbocycles. The van der Waals surface area contributed by atoms with Crippen molar-refractivity contribution < 1.29 is 31.1 Å². The third kappa shape index (κ3) is 5.21. The number of carbonyl (C=O) groups excluding carboxylic acids is 1. The Morgan fingerprint density at radius 3 is 2.25 bits per heavy atom. The summed E-state index contributed by atoms with van der Waals surface area (Å²) in [6.45, 7) is 0.161. The number of aromatic nitrogens is 5. The Balaban J connectivity index is 1.48. The van der Waals surface area contributed by atoms with Crippen LogP contribution in [0, 0.1) is 5.82 Å². The topological polar surface area (TPSA) is 77.1 Å². The molecular weight excluding hydrogens is 585 g/mol. The van der Waals surface area contributed by atoms with Crippen molar-refractivity contribution in [3.8, 4) is 11.3 Å². The Labute approximate surface area is 231 Å². The number of carbonyl (C=O) groups is 1. The highest BCUT2D eigenvalue weighted by Crippen LogP contribution is 2.44. The van der Waals surface area contributed by atoms with E-state index in [4.69, 9.17) is 23.2 Å². The fraction of sp³-hybridized carbons (Fsp3) is 0.120. The normalized spacial score (nSPS) is 12.2. The molecule has 0 aliphatic rings. The van der Waals surface area contributed by atoms with Crippen LogP contribution >= 0.6 is 23.2 Å². The van der Waals surface area contributed by atoms with Crippen molar-refractivity contribution in [2.75, 3.05) is 5.32 Å². The molecule has 1 N–H and O–H groups in total. The molecule has 0 atom stereocenters. The van der Waals surface area contributed by atoms with Gasteiger partial charge in [-0.05, 0) is 42.5 Å². The molecule has 3 heterocycles. The molecule has 0 aliphatic carbocycles. The number of nitrogens with zero attached hydrogens (tertiary/aromatic N) is 5. The molecule has 206 valence electrons. The number of fused-ring (bicyclic) bond motifs is 1. The smallest absolute Gasteiger partial charge is 0.304 e. The molecule has 15 heteroatoms. The van der Waals surface area contributed by atoms with Crippen LogP contribution in [0.25, 0.3) is 16.9 Å². The molecule has 0 unspecified atom stereocenters. The standard InChI is InChI=1S/C25H14Cl2F6N6O/c26-16-2-1-3-17(27)15(16)12-38-9-8-21(37-38)35-23(40)19-11-22-34-18(13-4-6-14(28)7-5-13)10-20(39(22)36-19)24(29,30)25(31,32)33/h1-11H,12H2,(H,35,37,40). The zero-order valence-electron chi connectivity index (χ0n) is 19.7. The van der Waals surface area contributed by atoms with E-state index in [0.29, 0.717) is 21.7 Å². The number of amides is 1. The summed E-state index contributed by atoms with van der Waals surface area (Å²) >= 11 is 12.3. The van der Waals surface area contributed by atoms with Crippen LogP contribution in [0.1, 0.15) is 21.7 Å². The lowest BCUT2D eigenvalue weighted by Crippen LogP contribution is -2.36. The van der Waals surface area contributed by atoms with E-state index in [9.17, 15) is 31.1 Å². The van der Waals surface area contributed by atoms with Gasteiger partial charge in [-0.15, -0.1) is 0 Å². The third-order valence-corrected chi connectivity index (χ3v) is 6.45. The maximum atomic E-state index is 14.5. The number of halogens is 8. The van der Waals surface area contributed by atoms with E-state index in [0.717, 1.165) is 18.2 Å². The van der Waals surface area contributed by atoms with Crippen LogP contribution in [0.2, 0.25) is 10.0 Å².